The van der Waals surface area contributed by atoms with Crippen LogP contribution >= 0.6 is 0 Å². The maximum atomic E-state index is 11.4. The second-order valence-corrected chi connectivity index (χ2v) is 4.30. The SMILES string of the molecule is O=C(CCCCCC(=O)N/N=C/c1ccccc1)NO. The molecule has 0 aliphatic rings. The fraction of sp³-hybridized carbons (Fsp3) is 0.357. The van der Waals surface area contributed by atoms with Crippen LogP contribution in [0.2, 0.25) is 0 Å². The van der Waals surface area contributed by atoms with E-state index in [1.165, 1.54) is 0 Å². The van der Waals surface area contributed by atoms with Crippen molar-refractivity contribution in [2.24, 2.45) is 5.10 Å². The van der Waals surface area contributed by atoms with Gasteiger partial charge in [0.05, 0.1) is 6.21 Å². The Hall–Kier alpha value is -2.21. The van der Waals surface area contributed by atoms with E-state index in [4.69, 9.17) is 5.21 Å². The predicted molar refractivity (Wildman–Crippen MR) is 75.2 cm³/mol. The maximum absolute atomic E-state index is 11.4. The first kappa shape index (κ1) is 15.8. The van der Waals surface area contributed by atoms with E-state index in [0.29, 0.717) is 19.3 Å². The summed E-state index contributed by atoms with van der Waals surface area (Å²) >= 11 is 0. The molecular formula is C14H19N3O3. The molecule has 20 heavy (non-hydrogen) atoms. The van der Waals surface area contributed by atoms with Crippen LogP contribution in [0.25, 0.3) is 0 Å². The van der Waals surface area contributed by atoms with Gasteiger partial charge in [0.15, 0.2) is 0 Å². The molecule has 108 valence electrons. The van der Waals surface area contributed by atoms with Crippen LogP contribution < -0.4 is 10.9 Å². The Morgan fingerprint density at radius 3 is 2.35 bits per heavy atom. The lowest BCUT2D eigenvalue weighted by Crippen LogP contribution is -2.18. The van der Waals surface area contributed by atoms with Crippen molar-refractivity contribution in [2.75, 3.05) is 0 Å². The van der Waals surface area contributed by atoms with Crippen molar-refractivity contribution in [3.63, 3.8) is 0 Å². The van der Waals surface area contributed by atoms with Crippen LogP contribution in [0.5, 0.6) is 0 Å². The van der Waals surface area contributed by atoms with Gasteiger partial charge in [-0.05, 0) is 18.4 Å². The number of amides is 2. The van der Waals surface area contributed by atoms with Crippen molar-refractivity contribution in [1.82, 2.24) is 10.9 Å². The summed E-state index contributed by atoms with van der Waals surface area (Å²) in [6, 6.07) is 9.48. The molecule has 6 heteroatoms. The van der Waals surface area contributed by atoms with Gasteiger partial charge < -0.3 is 0 Å². The summed E-state index contributed by atoms with van der Waals surface area (Å²) in [5.41, 5.74) is 4.94. The summed E-state index contributed by atoms with van der Waals surface area (Å²) in [6.45, 7) is 0. The van der Waals surface area contributed by atoms with Gasteiger partial charge in [0.1, 0.15) is 0 Å². The molecule has 0 spiro atoms. The molecule has 0 saturated heterocycles. The van der Waals surface area contributed by atoms with E-state index in [1.807, 2.05) is 30.3 Å². The van der Waals surface area contributed by atoms with Gasteiger partial charge in [-0.3, -0.25) is 14.8 Å². The Morgan fingerprint density at radius 2 is 1.70 bits per heavy atom. The molecular weight excluding hydrogens is 258 g/mol. The Labute approximate surface area is 117 Å². The Kier molecular flexibility index (Phi) is 7.67. The number of rotatable bonds is 8. The van der Waals surface area contributed by atoms with Crippen molar-refractivity contribution in [2.45, 2.75) is 32.1 Å². The first-order valence-corrected chi connectivity index (χ1v) is 6.52. The first-order chi connectivity index (χ1) is 9.72. The lowest BCUT2D eigenvalue weighted by molar-refractivity contribution is -0.129. The number of hydrogen-bond donors (Lipinski definition) is 3. The highest BCUT2D eigenvalue weighted by Crippen LogP contribution is 2.02. The lowest BCUT2D eigenvalue weighted by Gasteiger charge is -2.00. The van der Waals surface area contributed by atoms with Crippen LogP contribution in [0.15, 0.2) is 35.4 Å². The molecule has 0 aliphatic heterocycles. The summed E-state index contributed by atoms with van der Waals surface area (Å²) in [4.78, 5) is 22.2. The standard InChI is InChI=1S/C14H19N3O3/c18-13(9-5-2-6-10-14(19)17-20)16-15-11-12-7-3-1-4-8-12/h1,3-4,7-8,11,20H,2,5-6,9-10H2,(H,16,18)(H,17,19)/b15-11+. The minimum Gasteiger partial charge on any atom is -0.289 e. The Morgan fingerprint density at radius 1 is 1.05 bits per heavy atom. The van der Waals surface area contributed by atoms with E-state index in [0.717, 1.165) is 12.0 Å². The lowest BCUT2D eigenvalue weighted by atomic mass is 10.1. The average molecular weight is 277 g/mol. The van der Waals surface area contributed by atoms with Gasteiger partial charge in [-0.15, -0.1) is 0 Å². The highest BCUT2D eigenvalue weighted by Gasteiger charge is 2.01. The molecule has 2 amide bonds. The van der Waals surface area contributed by atoms with Gasteiger partial charge in [0.2, 0.25) is 11.8 Å². The Bertz CT molecular complexity index is 446. The highest BCUT2D eigenvalue weighted by molar-refractivity contribution is 5.82. The molecule has 0 radical (unpaired) electrons. The van der Waals surface area contributed by atoms with Crippen LogP contribution in [-0.4, -0.2) is 23.2 Å². The third kappa shape index (κ3) is 7.27. The van der Waals surface area contributed by atoms with Crippen LogP contribution in [0.4, 0.5) is 0 Å². The zero-order valence-electron chi connectivity index (χ0n) is 11.2. The maximum Gasteiger partial charge on any atom is 0.243 e. The Balaban J connectivity index is 2.09. The smallest absolute Gasteiger partial charge is 0.243 e. The minimum atomic E-state index is -0.401. The first-order valence-electron chi connectivity index (χ1n) is 6.52. The van der Waals surface area contributed by atoms with Crippen LogP contribution in [0, 0.1) is 0 Å². The molecule has 1 rings (SSSR count). The van der Waals surface area contributed by atoms with Crippen LogP contribution in [-0.2, 0) is 9.59 Å². The normalized spacial score (nSPS) is 10.4. The fourth-order valence-electron chi connectivity index (χ4n) is 1.58. The molecule has 0 fully saturated rings. The summed E-state index contributed by atoms with van der Waals surface area (Å²) < 4.78 is 0. The van der Waals surface area contributed by atoms with E-state index >= 15 is 0 Å². The molecule has 0 saturated carbocycles. The van der Waals surface area contributed by atoms with Gasteiger partial charge in [0.25, 0.3) is 0 Å². The molecule has 0 heterocycles. The molecule has 0 unspecified atom stereocenters. The van der Waals surface area contributed by atoms with E-state index in [2.05, 4.69) is 10.5 Å². The quantitative estimate of drug-likeness (QED) is 0.292. The summed E-state index contributed by atoms with van der Waals surface area (Å²) in [5.74, 6) is -0.550. The molecule has 0 atom stereocenters. The second-order valence-electron chi connectivity index (χ2n) is 4.30. The number of unbranched alkanes of at least 4 members (excludes halogenated alkanes) is 2. The predicted octanol–water partition coefficient (Wildman–Crippen LogP) is 1.59. The van der Waals surface area contributed by atoms with Crippen LogP contribution in [0.3, 0.4) is 0 Å². The van der Waals surface area contributed by atoms with Crippen LogP contribution in [0.1, 0.15) is 37.7 Å². The topological polar surface area (TPSA) is 90.8 Å². The number of benzene rings is 1. The monoisotopic (exact) mass is 277 g/mol. The van der Waals surface area contributed by atoms with Crippen molar-refractivity contribution < 1.29 is 14.8 Å². The highest BCUT2D eigenvalue weighted by atomic mass is 16.5. The van der Waals surface area contributed by atoms with E-state index in [9.17, 15) is 9.59 Å². The number of hydroxylamine groups is 1. The minimum absolute atomic E-state index is 0.149. The number of hydrazone groups is 1. The third-order valence-corrected chi connectivity index (χ3v) is 2.63. The third-order valence-electron chi connectivity index (χ3n) is 2.63. The van der Waals surface area contributed by atoms with Crippen molar-refractivity contribution in [3.8, 4) is 0 Å². The largest absolute Gasteiger partial charge is 0.289 e. The summed E-state index contributed by atoms with van der Waals surface area (Å²) in [5, 5.41) is 12.2. The van der Waals surface area contributed by atoms with Crippen molar-refractivity contribution in [3.05, 3.63) is 35.9 Å². The molecule has 0 bridgehead atoms. The number of nitrogens with one attached hydrogen (secondary N) is 2. The molecule has 1 aromatic rings. The molecule has 0 aromatic heterocycles. The number of nitrogens with zero attached hydrogens (tertiary/aromatic N) is 1. The van der Waals surface area contributed by atoms with Gasteiger partial charge in [0, 0.05) is 12.8 Å². The number of carbonyl (C=O) groups excluding carboxylic acids is 2. The zero-order valence-corrected chi connectivity index (χ0v) is 11.2. The molecule has 6 nitrogen and oxygen atoms in total. The van der Waals surface area contributed by atoms with Gasteiger partial charge >= 0.3 is 0 Å². The van der Waals surface area contributed by atoms with Crippen molar-refractivity contribution >= 4 is 18.0 Å². The average Bonchev–Trinajstić information content (AvgIpc) is 2.47. The fourth-order valence-corrected chi connectivity index (χ4v) is 1.58. The van der Waals surface area contributed by atoms with E-state index in [1.54, 1.807) is 11.7 Å². The summed E-state index contributed by atoms with van der Waals surface area (Å²) in [7, 11) is 0. The molecule has 0 aliphatic carbocycles. The van der Waals surface area contributed by atoms with Crippen molar-refractivity contribution in [1.29, 1.82) is 0 Å². The molecule has 3 N–H and O–H groups in total. The zero-order chi connectivity index (χ0) is 14.6. The van der Waals surface area contributed by atoms with Gasteiger partial charge in [-0.25, -0.2) is 10.9 Å². The number of hydrogen-bond acceptors (Lipinski definition) is 4. The second kappa shape index (κ2) is 9.69. The summed E-state index contributed by atoms with van der Waals surface area (Å²) in [6.07, 6.45) is 4.31. The number of carbonyl (C=O) groups is 2. The van der Waals surface area contributed by atoms with Gasteiger partial charge in [-0.1, -0.05) is 36.8 Å². The molecule has 1 aromatic carbocycles. The van der Waals surface area contributed by atoms with E-state index < -0.39 is 5.91 Å². The van der Waals surface area contributed by atoms with Gasteiger partial charge in [-0.2, -0.15) is 5.10 Å². The van der Waals surface area contributed by atoms with E-state index in [-0.39, 0.29) is 12.3 Å².